The Hall–Kier alpha value is -1.46. The quantitative estimate of drug-likeness (QED) is 0.678. The third-order valence-corrected chi connectivity index (χ3v) is 4.78. The second kappa shape index (κ2) is 5.14. The summed E-state index contributed by atoms with van der Waals surface area (Å²) in [5, 5.41) is 14.2. The van der Waals surface area contributed by atoms with Gasteiger partial charge in [0.15, 0.2) is 0 Å². The number of benzene rings is 1. The van der Waals surface area contributed by atoms with Gasteiger partial charge in [-0.3, -0.25) is 15.0 Å². The Morgan fingerprint density at radius 3 is 2.95 bits per heavy atom. The van der Waals surface area contributed by atoms with E-state index in [9.17, 15) is 10.1 Å². The summed E-state index contributed by atoms with van der Waals surface area (Å²) >= 11 is 0. The first kappa shape index (κ1) is 13.5. The lowest BCUT2D eigenvalue weighted by Crippen LogP contribution is -2.29. The predicted molar refractivity (Wildman–Crippen MR) is 77.6 cm³/mol. The van der Waals surface area contributed by atoms with E-state index in [1.807, 2.05) is 13.0 Å². The summed E-state index contributed by atoms with van der Waals surface area (Å²) in [6.45, 7) is 7.44. The fourth-order valence-corrected chi connectivity index (χ4v) is 3.52. The zero-order valence-corrected chi connectivity index (χ0v) is 11.9. The van der Waals surface area contributed by atoms with Crippen molar-refractivity contribution in [2.24, 2.45) is 5.41 Å². The van der Waals surface area contributed by atoms with Crippen LogP contribution in [-0.2, 0) is 6.54 Å². The molecule has 1 aromatic rings. The van der Waals surface area contributed by atoms with Crippen molar-refractivity contribution in [1.82, 2.24) is 10.2 Å². The van der Waals surface area contributed by atoms with Gasteiger partial charge in [0.2, 0.25) is 0 Å². The first-order valence-corrected chi connectivity index (χ1v) is 7.25. The second-order valence-corrected chi connectivity index (χ2v) is 6.26. The minimum Gasteiger partial charge on any atom is -0.316 e. The van der Waals surface area contributed by atoms with Gasteiger partial charge in [-0.25, -0.2) is 0 Å². The number of non-ortho nitro benzene ring substituents is 1. The van der Waals surface area contributed by atoms with Gasteiger partial charge in [-0.2, -0.15) is 0 Å². The monoisotopic (exact) mass is 275 g/mol. The molecule has 0 radical (unpaired) electrons. The minimum absolute atomic E-state index is 0.184. The molecule has 1 aromatic carbocycles. The number of nitrogens with one attached hydrogen (secondary N) is 1. The molecule has 1 atom stereocenters. The van der Waals surface area contributed by atoms with Crippen LogP contribution in [0.5, 0.6) is 0 Å². The van der Waals surface area contributed by atoms with Gasteiger partial charge < -0.3 is 5.32 Å². The molecule has 0 aromatic heterocycles. The molecule has 2 aliphatic rings. The van der Waals surface area contributed by atoms with E-state index in [4.69, 9.17) is 0 Å². The molecular formula is C15H21N3O2. The van der Waals surface area contributed by atoms with Crippen molar-refractivity contribution in [3.63, 3.8) is 0 Å². The molecule has 0 bridgehead atoms. The van der Waals surface area contributed by atoms with Crippen molar-refractivity contribution in [2.45, 2.75) is 26.3 Å². The molecule has 1 N–H and O–H groups in total. The number of hydrogen-bond donors (Lipinski definition) is 1. The number of hydrogen-bond acceptors (Lipinski definition) is 4. The zero-order chi connectivity index (χ0) is 14.2. The Morgan fingerprint density at radius 1 is 1.45 bits per heavy atom. The van der Waals surface area contributed by atoms with Crippen molar-refractivity contribution in [3.8, 4) is 0 Å². The summed E-state index contributed by atoms with van der Waals surface area (Å²) in [7, 11) is 0. The first-order valence-electron chi connectivity index (χ1n) is 7.25. The highest BCUT2D eigenvalue weighted by Crippen LogP contribution is 2.36. The van der Waals surface area contributed by atoms with Crippen LogP contribution in [0.2, 0.25) is 0 Å². The molecule has 5 nitrogen and oxygen atoms in total. The Balaban J connectivity index is 1.68. The van der Waals surface area contributed by atoms with Gasteiger partial charge in [0.1, 0.15) is 0 Å². The average Bonchev–Trinajstić information content (AvgIpc) is 3.03. The van der Waals surface area contributed by atoms with Crippen molar-refractivity contribution in [2.75, 3.05) is 26.2 Å². The number of aryl methyl sites for hydroxylation is 1. The summed E-state index contributed by atoms with van der Waals surface area (Å²) in [4.78, 5) is 12.9. The highest BCUT2D eigenvalue weighted by Gasteiger charge is 2.40. The Kier molecular flexibility index (Phi) is 3.48. The number of nitro groups is 1. The molecule has 2 heterocycles. The molecule has 2 saturated heterocycles. The van der Waals surface area contributed by atoms with Crippen molar-refractivity contribution in [1.29, 1.82) is 0 Å². The maximum absolute atomic E-state index is 10.8. The molecule has 5 heteroatoms. The van der Waals surface area contributed by atoms with Crippen LogP contribution >= 0.6 is 0 Å². The van der Waals surface area contributed by atoms with Crippen molar-refractivity contribution in [3.05, 3.63) is 39.4 Å². The van der Waals surface area contributed by atoms with Crippen molar-refractivity contribution >= 4 is 5.69 Å². The smallest absolute Gasteiger partial charge is 0.269 e. The molecule has 2 fully saturated rings. The van der Waals surface area contributed by atoms with Crippen LogP contribution in [0.4, 0.5) is 5.69 Å². The number of rotatable bonds is 3. The van der Waals surface area contributed by atoms with Gasteiger partial charge in [0.25, 0.3) is 5.69 Å². The lowest BCUT2D eigenvalue weighted by molar-refractivity contribution is -0.384. The summed E-state index contributed by atoms with van der Waals surface area (Å²) < 4.78 is 0. The average molecular weight is 275 g/mol. The van der Waals surface area contributed by atoms with Crippen LogP contribution < -0.4 is 5.32 Å². The fraction of sp³-hybridized carbons (Fsp3) is 0.600. The molecule has 108 valence electrons. The largest absolute Gasteiger partial charge is 0.316 e. The Labute approximate surface area is 119 Å². The molecular weight excluding hydrogens is 254 g/mol. The van der Waals surface area contributed by atoms with E-state index in [0.29, 0.717) is 5.41 Å². The second-order valence-electron chi connectivity index (χ2n) is 6.26. The molecule has 2 aliphatic heterocycles. The van der Waals surface area contributed by atoms with Gasteiger partial charge in [0.05, 0.1) is 4.92 Å². The lowest BCUT2D eigenvalue weighted by atomic mass is 9.86. The Bertz CT molecular complexity index is 524. The minimum atomic E-state index is -0.328. The molecule has 1 unspecified atom stereocenters. The lowest BCUT2D eigenvalue weighted by Gasteiger charge is -2.23. The predicted octanol–water partition coefficient (Wildman–Crippen LogP) is 2.09. The van der Waals surface area contributed by atoms with E-state index in [1.165, 1.54) is 18.4 Å². The SMILES string of the molecule is Cc1cc([N+](=O)[O-])ccc1CN1CCC2(CCNC2)C1. The fourth-order valence-electron chi connectivity index (χ4n) is 3.52. The topological polar surface area (TPSA) is 58.4 Å². The van der Waals surface area contributed by atoms with Crippen LogP contribution in [-0.4, -0.2) is 36.0 Å². The third kappa shape index (κ3) is 2.55. The van der Waals surface area contributed by atoms with Gasteiger partial charge in [-0.15, -0.1) is 0 Å². The van der Waals surface area contributed by atoms with Gasteiger partial charge in [-0.1, -0.05) is 6.07 Å². The van der Waals surface area contributed by atoms with Gasteiger partial charge in [0, 0.05) is 31.8 Å². The van der Waals surface area contributed by atoms with E-state index in [1.54, 1.807) is 12.1 Å². The summed E-state index contributed by atoms with van der Waals surface area (Å²) in [5.74, 6) is 0. The number of nitro benzene ring substituents is 1. The highest BCUT2D eigenvalue weighted by atomic mass is 16.6. The summed E-state index contributed by atoms with van der Waals surface area (Å²) in [6, 6.07) is 5.20. The molecule has 0 aliphatic carbocycles. The van der Waals surface area contributed by atoms with Gasteiger partial charge >= 0.3 is 0 Å². The molecule has 3 rings (SSSR count). The molecule has 0 saturated carbocycles. The summed E-state index contributed by atoms with van der Waals surface area (Å²) in [5.41, 5.74) is 2.89. The van der Waals surface area contributed by atoms with Crippen LogP contribution in [0.15, 0.2) is 18.2 Å². The maximum atomic E-state index is 10.8. The first-order chi connectivity index (χ1) is 9.58. The Morgan fingerprint density at radius 2 is 2.30 bits per heavy atom. The number of nitrogens with zero attached hydrogens (tertiary/aromatic N) is 2. The maximum Gasteiger partial charge on any atom is 0.269 e. The van der Waals surface area contributed by atoms with Crippen LogP contribution in [0.25, 0.3) is 0 Å². The molecule has 20 heavy (non-hydrogen) atoms. The molecule has 1 spiro atoms. The van der Waals surface area contributed by atoms with Crippen molar-refractivity contribution < 1.29 is 4.92 Å². The van der Waals surface area contributed by atoms with Crippen LogP contribution in [0, 0.1) is 22.5 Å². The van der Waals surface area contributed by atoms with Gasteiger partial charge in [-0.05, 0) is 49.4 Å². The van der Waals surface area contributed by atoms with Crippen LogP contribution in [0.3, 0.4) is 0 Å². The van der Waals surface area contributed by atoms with E-state index in [-0.39, 0.29) is 10.6 Å². The van der Waals surface area contributed by atoms with E-state index >= 15 is 0 Å². The molecule has 0 amide bonds. The highest BCUT2D eigenvalue weighted by molar-refractivity contribution is 5.39. The normalized spacial score (nSPS) is 26.4. The summed E-state index contributed by atoms with van der Waals surface area (Å²) in [6.07, 6.45) is 2.55. The number of likely N-dealkylation sites (tertiary alicyclic amines) is 1. The van der Waals surface area contributed by atoms with E-state index in [2.05, 4.69) is 10.2 Å². The zero-order valence-electron chi connectivity index (χ0n) is 11.9. The van der Waals surface area contributed by atoms with E-state index < -0.39 is 0 Å². The van der Waals surface area contributed by atoms with E-state index in [0.717, 1.165) is 38.3 Å². The standard InChI is InChI=1S/C15H21N3O2/c1-12-8-14(18(19)20)3-2-13(12)9-17-7-5-15(11-17)4-6-16-10-15/h2-3,8,16H,4-7,9-11H2,1H3. The van der Waals surface area contributed by atoms with Crippen LogP contribution in [0.1, 0.15) is 24.0 Å². The third-order valence-electron chi connectivity index (χ3n) is 4.78.